The van der Waals surface area contributed by atoms with E-state index in [1.807, 2.05) is 30.3 Å². The summed E-state index contributed by atoms with van der Waals surface area (Å²) in [5.74, 6) is 0.326. The third kappa shape index (κ3) is 2.89. The van der Waals surface area contributed by atoms with E-state index in [9.17, 15) is 4.79 Å². The molecule has 1 aromatic rings. The number of hydrogen-bond acceptors (Lipinski definition) is 1. The van der Waals surface area contributed by atoms with Gasteiger partial charge < -0.3 is 4.90 Å². The van der Waals surface area contributed by atoms with Crippen molar-refractivity contribution in [1.29, 1.82) is 0 Å². The van der Waals surface area contributed by atoms with Crippen LogP contribution in [-0.2, 0) is 4.79 Å². The lowest BCUT2D eigenvalue weighted by Gasteiger charge is -2.32. The number of carbonyl (C=O) groups is 1. The van der Waals surface area contributed by atoms with Crippen molar-refractivity contribution in [1.82, 2.24) is 0 Å². The molecule has 2 nitrogen and oxygen atoms in total. The third-order valence-electron chi connectivity index (χ3n) is 2.98. The number of benzene rings is 1. The lowest BCUT2D eigenvalue weighted by Crippen LogP contribution is -2.41. The summed E-state index contributed by atoms with van der Waals surface area (Å²) in [6, 6.07) is 7.76. The molecule has 1 rings (SSSR count). The Hall–Kier alpha value is -1.83. The fraction of sp³-hybridized carbons (Fsp3) is 0.312. The van der Waals surface area contributed by atoms with Gasteiger partial charge >= 0.3 is 0 Å². The van der Waals surface area contributed by atoms with Gasteiger partial charge in [0, 0.05) is 6.92 Å². The largest absolute Gasteiger partial charge is 0.305 e. The van der Waals surface area contributed by atoms with Gasteiger partial charge in [-0.3, -0.25) is 4.79 Å². The third-order valence-corrected chi connectivity index (χ3v) is 2.98. The molecule has 0 aliphatic heterocycles. The van der Waals surface area contributed by atoms with Gasteiger partial charge in [0.25, 0.3) is 0 Å². The maximum absolute atomic E-state index is 12.0. The highest BCUT2D eigenvalue weighted by molar-refractivity contribution is 5.94. The Balaban J connectivity index is 3.31. The van der Waals surface area contributed by atoms with Gasteiger partial charge in [-0.05, 0) is 17.5 Å². The zero-order chi connectivity index (χ0) is 13.7. The van der Waals surface area contributed by atoms with Crippen LogP contribution in [0.1, 0.15) is 26.3 Å². The van der Waals surface area contributed by atoms with E-state index in [1.165, 1.54) is 0 Å². The molecular formula is C16H21NO. The summed E-state index contributed by atoms with van der Waals surface area (Å²) < 4.78 is 0. The highest BCUT2D eigenvalue weighted by Crippen LogP contribution is 2.26. The molecule has 0 N–H and O–H groups in total. The fourth-order valence-corrected chi connectivity index (χ4v) is 2.10. The Morgan fingerprint density at radius 1 is 1.28 bits per heavy atom. The summed E-state index contributed by atoms with van der Waals surface area (Å²) in [6.45, 7) is 13.4. The van der Waals surface area contributed by atoms with Crippen molar-refractivity contribution < 1.29 is 4.79 Å². The average molecular weight is 243 g/mol. The first-order valence-corrected chi connectivity index (χ1v) is 6.16. The van der Waals surface area contributed by atoms with E-state index in [0.717, 1.165) is 11.3 Å². The van der Waals surface area contributed by atoms with Gasteiger partial charge in [0.1, 0.15) is 0 Å². The predicted octanol–water partition coefficient (Wildman–Crippen LogP) is 3.89. The van der Waals surface area contributed by atoms with Gasteiger partial charge in [-0.2, -0.15) is 0 Å². The normalized spacial score (nSPS) is 12.0. The molecule has 18 heavy (non-hydrogen) atoms. The summed E-state index contributed by atoms with van der Waals surface area (Å²) in [7, 11) is 0. The van der Waals surface area contributed by atoms with Crippen LogP contribution < -0.4 is 4.90 Å². The number of carbonyl (C=O) groups excluding carboxylic acids is 1. The zero-order valence-corrected chi connectivity index (χ0v) is 11.4. The second-order valence-electron chi connectivity index (χ2n) is 4.62. The number of nitrogens with zero attached hydrogens (tertiary/aromatic N) is 1. The molecule has 0 aromatic heterocycles. The minimum Gasteiger partial charge on any atom is -0.305 e. The number of anilines is 1. The summed E-state index contributed by atoms with van der Waals surface area (Å²) in [5, 5.41) is 0. The first kappa shape index (κ1) is 14.2. The Morgan fingerprint density at radius 3 is 2.33 bits per heavy atom. The second kappa shape index (κ2) is 6.20. The van der Waals surface area contributed by atoms with E-state index >= 15 is 0 Å². The molecule has 0 spiro atoms. The smallest absolute Gasteiger partial charge is 0.224 e. The SMILES string of the molecule is C=Cc1ccccc1N(C(C)=O)C(C=C)C(C)C. The minimum atomic E-state index is -0.0106. The van der Waals surface area contributed by atoms with Crippen LogP contribution in [0, 0.1) is 5.92 Å². The highest BCUT2D eigenvalue weighted by Gasteiger charge is 2.24. The Labute approximate surface area is 110 Å². The number of hydrogen-bond donors (Lipinski definition) is 0. The fourth-order valence-electron chi connectivity index (χ4n) is 2.10. The Bertz CT molecular complexity index is 448. The van der Waals surface area contributed by atoms with Gasteiger partial charge in [-0.15, -0.1) is 6.58 Å². The highest BCUT2D eigenvalue weighted by atomic mass is 16.2. The van der Waals surface area contributed by atoms with Crippen LogP contribution in [0.15, 0.2) is 43.5 Å². The van der Waals surface area contributed by atoms with E-state index in [-0.39, 0.29) is 11.9 Å². The van der Waals surface area contributed by atoms with Crippen molar-refractivity contribution in [3.05, 3.63) is 49.1 Å². The maximum atomic E-state index is 12.0. The lowest BCUT2D eigenvalue weighted by atomic mass is 10.0. The molecule has 96 valence electrons. The molecule has 0 saturated carbocycles. The Kier molecular flexibility index (Phi) is 4.90. The van der Waals surface area contributed by atoms with Crippen LogP contribution >= 0.6 is 0 Å². The van der Waals surface area contributed by atoms with E-state index in [2.05, 4.69) is 27.0 Å². The molecule has 0 fully saturated rings. The molecule has 2 heteroatoms. The van der Waals surface area contributed by atoms with E-state index in [0.29, 0.717) is 5.92 Å². The summed E-state index contributed by atoms with van der Waals surface area (Å²) >= 11 is 0. The van der Waals surface area contributed by atoms with Crippen molar-refractivity contribution in [2.75, 3.05) is 4.90 Å². The van der Waals surface area contributed by atoms with Crippen molar-refractivity contribution in [3.63, 3.8) is 0 Å². The molecule has 1 atom stereocenters. The molecule has 1 unspecified atom stereocenters. The van der Waals surface area contributed by atoms with Gasteiger partial charge in [-0.1, -0.05) is 50.8 Å². The maximum Gasteiger partial charge on any atom is 0.224 e. The molecule has 1 aromatic carbocycles. The van der Waals surface area contributed by atoms with Gasteiger partial charge in [0.2, 0.25) is 5.91 Å². The molecule has 0 bridgehead atoms. The Morgan fingerprint density at radius 2 is 1.89 bits per heavy atom. The number of para-hydroxylation sites is 1. The van der Waals surface area contributed by atoms with Crippen LogP contribution in [-0.4, -0.2) is 11.9 Å². The van der Waals surface area contributed by atoms with Crippen molar-refractivity contribution in [2.45, 2.75) is 26.8 Å². The van der Waals surface area contributed by atoms with Crippen LogP contribution in [0.25, 0.3) is 6.08 Å². The van der Waals surface area contributed by atoms with Crippen LogP contribution in [0.2, 0.25) is 0 Å². The molecule has 0 heterocycles. The molecule has 0 aliphatic carbocycles. The lowest BCUT2D eigenvalue weighted by molar-refractivity contribution is -0.117. The number of rotatable bonds is 5. The van der Waals surface area contributed by atoms with Crippen molar-refractivity contribution in [2.24, 2.45) is 5.92 Å². The van der Waals surface area contributed by atoms with Gasteiger partial charge in [0.15, 0.2) is 0 Å². The monoisotopic (exact) mass is 243 g/mol. The quantitative estimate of drug-likeness (QED) is 0.718. The van der Waals surface area contributed by atoms with Gasteiger partial charge in [0.05, 0.1) is 11.7 Å². The van der Waals surface area contributed by atoms with E-state index in [1.54, 1.807) is 17.9 Å². The predicted molar refractivity (Wildman–Crippen MR) is 78.5 cm³/mol. The standard InChI is InChI=1S/C16H21NO/c1-6-14-10-8-9-11-16(14)17(13(5)18)15(7-2)12(3)4/h6-12,15H,1-2H2,3-5H3. The first-order valence-electron chi connectivity index (χ1n) is 6.16. The molecule has 0 aliphatic rings. The molecule has 0 radical (unpaired) electrons. The van der Waals surface area contributed by atoms with Gasteiger partial charge in [-0.25, -0.2) is 0 Å². The minimum absolute atomic E-state index is 0.0106. The molecule has 1 amide bonds. The average Bonchev–Trinajstić information content (AvgIpc) is 2.34. The topological polar surface area (TPSA) is 20.3 Å². The zero-order valence-electron chi connectivity index (χ0n) is 11.4. The number of amides is 1. The first-order chi connectivity index (χ1) is 8.52. The summed E-state index contributed by atoms with van der Waals surface area (Å²) in [5.41, 5.74) is 1.85. The molecular weight excluding hydrogens is 222 g/mol. The summed E-state index contributed by atoms with van der Waals surface area (Å²) in [6.07, 6.45) is 3.59. The van der Waals surface area contributed by atoms with Crippen molar-refractivity contribution >= 4 is 17.7 Å². The van der Waals surface area contributed by atoms with E-state index in [4.69, 9.17) is 0 Å². The van der Waals surface area contributed by atoms with Crippen LogP contribution in [0.5, 0.6) is 0 Å². The van der Waals surface area contributed by atoms with E-state index < -0.39 is 0 Å². The summed E-state index contributed by atoms with van der Waals surface area (Å²) in [4.78, 5) is 13.7. The van der Waals surface area contributed by atoms with Crippen LogP contribution in [0.3, 0.4) is 0 Å². The molecule has 0 saturated heterocycles. The second-order valence-corrected chi connectivity index (χ2v) is 4.62. The van der Waals surface area contributed by atoms with Crippen molar-refractivity contribution in [3.8, 4) is 0 Å². The van der Waals surface area contributed by atoms with Crippen LogP contribution in [0.4, 0.5) is 5.69 Å².